The predicted molar refractivity (Wildman–Crippen MR) is 98.0 cm³/mol. The van der Waals surface area contributed by atoms with E-state index in [1.54, 1.807) is 6.20 Å². The average molecular weight is 343 g/mol. The molecule has 2 aromatic rings. The van der Waals surface area contributed by atoms with Crippen LogP contribution in [-0.4, -0.2) is 30.5 Å². The lowest BCUT2D eigenvalue weighted by Gasteiger charge is -2.39. The third-order valence-electron chi connectivity index (χ3n) is 5.44. The van der Waals surface area contributed by atoms with Crippen LogP contribution in [0.15, 0.2) is 36.7 Å². The van der Waals surface area contributed by atoms with Gasteiger partial charge in [0.2, 0.25) is 0 Å². The van der Waals surface area contributed by atoms with Gasteiger partial charge in [0.15, 0.2) is 14.6 Å². The van der Waals surface area contributed by atoms with Crippen LogP contribution in [0, 0.1) is 0 Å². The Morgan fingerprint density at radius 1 is 1.29 bits per heavy atom. The molecule has 2 atom stereocenters. The smallest absolute Gasteiger partial charge is 0.192 e. The fourth-order valence-corrected chi connectivity index (χ4v) is 4.40. The highest BCUT2D eigenvalue weighted by atomic mass is 28.4. The van der Waals surface area contributed by atoms with Crippen molar-refractivity contribution in [3.63, 3.8) is 0 Å². The normalized spacial score (nSPS) is 20.9. The maximum atomic E-state index is 11.0. The van der Waals surface area contributed by atoms with Gasteiger partial charge in [-0.2, -0.15) is 5.10 Å². The Morgan fingerprint density at radius 3 is 2.62 bits per heavy atom. The molecule has 0 saturated heterocycles. The molecule has 0 radical (unpaired) electrons. The van der Waals surface area contributed by atoms with Crippen LogP contribution < -0.4 is 0 Å². The van der Waals surface area contributed by atoms with Gasteiger partial charge < -0.3 is 4.43 Å². The van der Waals surface area contributed by atoms with Crippen LogP contribution in [0.2, 0.25) is 18.1 Å². The summed E-state index contributed by atoms with van der Waals surface area (Å²) in [6, 6.07) is 8.48. The lowest BCUT2D eigenvalue weighted by Crippen LogP contribution is -2.45. The molecule has 1 aromatic carbocycles. The Hall–Kier alpha value is -1.72. The maximum Gasteiger partial charge on any atom is 0.192 e. The second kappa shape index (κ2) is 5.97. The molecule has 0 spiro atoms. The third-order valence-corrected chi connectivity index (χ3v) is 9.95. The van der Waals surface area contributed by atoms with Gasteiger partial charge in [-0.25, -0.2) is 0 Å². The summed E-state index contributed by atoms with van der Waals surface area (Å²) < 4.78 is 8.64. The van der Waals surface area contributed by atoms with Crippen LogP contribution in [0.3, 0.4) is 0 Å². The van der Waals surface area contributed by atoms with Crippen molar-refractivity contribution >= 4 is 14.6 Å². The quantitative estimate of drug-likeness (QED) is 0.617. The first-order valence-corrected chi connectivity index (χ1v) is 11.4. The zero-order valence-electron chi connectivity index (χ0n) is 15.1. The summed E-state index contributed by atoms with van der Waals surface area (Å²) in [6.45, 7) is 11.3. The Kier molecular flexibility index (Phi) is 4.26. The molecular formula is C19H26N2O2Si. The van der Waals surface area contributed by atoms with Crippen molar-refractivity contribution in [2.75, 3.05) is 0 Å². The molecule has 24 heavy (non-hydrogen) atoms. The summed E-state index contributed by atoms with van der Waals surface area (Å²) in [4.78, 5) is 11.0. The fraction of sp³-hybridized carbons (Fsp3) is 0.474. The van der Waals surface area contributed by atoms with Gasteiger partial charge in [0, 0.05) is 12.6 Å². The van der Waals surface area contributed by atoms with E-state index in [1.807, 2.05) is 10.9 Å². The van der Waals surface area contributed by atoms with Crippen LogP contribution in [0.4, 0.5) is 0 Å². The van der Waals surface area contributed by atoms with E-state index in [-0.39, 0.29) is 17.2 Å². The number of benzene rings is 1. The topological polar surface area (TPSA) is 44.1 Å². The molecule has 5 heteroatoms. The molecule has 0 fully saturated rings. The molecule has 3 rings (SSSR count). The average Bonchev–Trinajstić information content (AvgIpc) is 3.08. The number of fused-ring (bicyclic) bond motifs is 1. The number of rotatable bonds is 4. The van der Waals surface area contributed by atoms with Gasteiger partial charge in [0.25, 0.3) is 0 Å². The number of hydrogen-bond donors (Lipinski definition) is 0. The number of aldehydes is 1. The second-order valence-corrected chi connectivity index (χ2v) is 12.9. The van der Waals surface area contributed by atoms with Crippen molar-refractivity contribution in [3.05, 3.63) is 53.3 Å². The SMILES string of the molecule is CC(C)(C)[Si](C)(C)O[C@H]1Cc2ccccc2C1n1cc(C=O)cn1. The fourth-order valence-electron chi connectivity index (χ4n) is 3.08. The van der Waals surface area contributed by atoms with Gasteiger partial charge in [-0.3, -0.25) is 9.48 Å². The van der Waals surface area contributed by atoms with Crippen LogP contribution in [0.25, 0.3) is 0 Å². The molecule has 0 amide bonds. The van der Waals surface area contributed by atoms with Gasteiger partial charge in [-0.1, -0.05) is 45.0 Å². The van der Waals surface area contributed by atoms with E-state index in [0.29, 0.717) is 5.56 Å². The zero-order chi connectivity index (χ0) is 17.5. The van der Waals surface area contributed by atoms with Gasteiger partial charge in [0.1, 0.15) is 6.04 Å². The minimum absolute atomic E-state index is 0.0315. The standard InChI is InChI=1S/C19H26N2O2Si/c1-19(2,3)24(4,5)23-17-10-15-8-6-7-9-16(15)18(17)21-12-14(13-22)11-20-21/h6-9,11-13,17-18H,10H2,1-5H3/t17-,18?/m0/s1. The lowest BCUT2D eigenvalue weighted by molar-refractivity contribution is 0.112. The van der Waals surface area contributed by atoms with Gasteiger partial charge in [0.05, 0.1) is 17.9 Å². The largest absolute Gasteiger partial charge is 0.411 e. The molecule has 1 aliphatic carbocycles. The number of hydrogen-bond acceptors (Lipinski definition) is 3. The highest BCUT2D eigenvalue weighted by Crippen LogP contribution is 2.43. The summed E-state index contributed by atoms with van der Waals surface area (Å²) >= 11 is 0. The summed E-state index contributed by atoms with van der Waals surface area (Å²) in [5.74, 6) is 0. The first-order chi connectivity index (χ1) is 11.2. The third kappa shape index (κ3) is 2.98. The Morgan fingerprint density at radius 2 is 2.00 bits per heavy atom. The summed E-state index contributed by atoms with van der Waals surface area (Å²) in [5, 5.41) is 4.59. The van der Waals surface area contributed by atoms with Crippen molar-refractivity contribution < 1.29 is 9.22 Å². The van der Waals surface area contributed by atoms with E-state index in [9.17, 15) is 4.79 Å². The molecule has 0 aliphatic heterocycles. The second-order valence-electron chi connectivity index (χ2n) is 8.14. The van der Waals surface area contributed by atoms with Crippen LogP contribution in [0.1, 0.15) is 48.3 Å². The zero-order valence-corrected chi connectivity index (χ0v) is 16.1. The Bertz CT molecular complexity index is 746. The van der Waals surface area contributed by atoms with Gasteiger partial charge >= 0.3 is 0 Å². The molecule has 4 nitrogen and oxygen atoms in total. The minimum atomic E-state index is -1.90. The molecule has 0 N–H and O–H groups in total. The number of carbonyl (C=O) groups excluding carboxylic acids is 1. The molecule has 1 aliphatic rings. The van der Waals surface area contributed by atoms with E-state index >= 15 is 0 Å². The monoisotopic (exact) mass is 342 g/mol. The lowest BCUT2D eigenvalue weighted by atomic mass is 10.1. The number of aromatic nitrogens is 2. The summed E-state index contributed by atoms with van der Waals surface area (Å²) in [5.41, 5.74) is 3.17. The molecule has 1 heterocycles. The summed E-state index contributed by atoms with van der Waals surface area (Å²) in [6.07, 6.45) is 5.24. The molecule has 1 unspecified atom stereocenters. The first kappa shape index (κ1) is 17.1. The van der Waals surface area contributed by atoms with Gasteiger partial charge in [-0.15, -0.1) is 0 Å². The van der Waals surface area contributed by atoms with Crippen LogP contribution >= 0.6 is 0 Å². The predicted octanol–water partition coefficient (Wildman–Crippen LogP) is 4.23. The molecule has 0 saturated carbocycles. The highest BCUT2D eigenvalue weighted by Gasteiger charge is 2.44. The van der Waals surface area contributed by atoms with E-state index in [2.05, 4.69) is 63.2 Å². The van der Waals surface area contributed by atoms with Crippen molar-refractivity contribution in [2.45, 2.75) is 57.5 Å². The van der Waals surface area contributed by atoms with Crippen molar-refractivity contribution in [1.82, 2.24) is 9.78 Å². The van der Waals surface area contributed by atoms with E-state index in [1.165, 1.54) is 11.1 Å². The Balaban J connectivity index is 1.98. The number of nitrogens with zero attached hydrogens (tertiary/aromatic N) is 2. The molecule has 1 aromatic heterocycles. The van der Waals surface area contributed by atoms with E-state index in [4.69, 9.17) is 4.43 Å². The Labute approximate surface area is 145 Å². The van der Waals surface area contributed by atoms with Crippen molar-refractivity contribution in [2.24, 2.45) is 0 Å². The van der Waals surface area contributed by atoms with Crippen molar-refractivity contribution in [3.8, 4) is 0 Å². The van der Waals surface area contributed by atoms with Crippen molar-refractivity contribution in [1.29, 1.82) is 0 Å². The van der Waals surface area contributed by atoms with E-state index < -0.39 is 8.32 Å². The minimum Gasteiger partial charge on any atom is -0.411 e. The van der Waals surface area contributed by atoms with Gasteiger partial charge in [-0.05, 0) is 29.3 Å². The molecule has 0 bridgehead atoms. The summed E-state index contributed by atoms with van der Waals surface area (Å²) in [7, 11) is -1.90. The molecular weight excluding hydrogens is 316 g/mol. The highest BCUT2D eigenvalue weighted by molar-refractivity contribution is 6.74. The molecule has 128 valence electrons. The van der Waals surface area contributed by atoms with E-state index in [0.717, 1.165) is 12.7 Å². The maximum absolute atomic E-state index is 11.0. The van der Waals surface area contributed by atoms with Crippen LogP contribution in [-0.2, 0) is 10.8 Å². The van der Waals surface area contributed by atoms with Crippen LogP contribution in [0.5, 0.6) is 0 Å². The number of carbonyl (C=O) groups is 1. The first-order valence-electron chi connectivity index (χ1n) is 8.48.